The van der Waals surface area contributed by atoms with Gasteiger partial charge >= 0.3 is 5.97 Å². The van der Waals surface area contributed by atoms with E-state index in [-0.39, 0.29) is 18.7 Å². The van der Waals surface area contributed by atoms with Crippen molar-refractivity contribution in [2.24, 2.45) is 5.73 Å². The van der Waals surface area contributed by atoms with Crippen molar-refractivity contribution in [3.8, 4) is 0 Å². The second-order valence-corrected chi connectivity index (χ2v) is 4.82. The molecular formula is C14H18N2O3. The van der Waals surface area contributed by atoms with E-state index in [1.54, 1.807) is 4.90 Å². The molecule has 2 rings (SSSR count). The third-order valence-electron chi connectivity index (χ3n) is 3.47. The highest BCUT2D eigenvalue weighted by atomic mass is 16.4. The Morgan fingerprint density at radius 3 is 2.68 bits per heavy atom. The lowest BCUT2D eigenvalue weighted by atomic mass is 9.99. The fraction of sp³-hybridized carbons (Fsp3) is 0.429. The first-order valence-corrected chi connectivity index (χ1v) is 6.41. The van der Waals surface area contributed by atoms with Crippen LogP contribution in [0.4, 0.5) is 0 Å². The number of carbonyl (C=O) groups is 2. The molecule has 1 aromatic rings. The van der Waals surface area contributed by atoms with Crippen LogP contribution in [0.2, 0.25) is 0 Å². The highest BCUT2D eigenvalue weighted by Gasteiger charge is 2.21. The molecule has 0 fully saturated rings. The molecule has 19 heavy (non-hydrogen) atoms. The topological polar surface area (TPSA) is 83.6 Å². The first kappa shape index (κ1) is 13.5. The van der Waals surface area contributed by atoms with Gasteiger partial charge in [0.05, 0.1) is 0 Å². The molecule has 5 nitrogen and oxygen atoms in total. The maximum atomic E-state index is 12.0. The number of nitrogens with two attached hydrogens (primary N) is 1. The number of carbonyl (C=O) groups excluding carboxylic acids is 1. The van der Waals surface area contributed by atoms with Gasteiger partial charge in [0.1, 0.15) is 6.04 Å². The van der Waals surface area contributed by atoms with Gasteiger partial charge < -0.3 is 15.7 Å². The van der Waals surface area contributed by atoms with Gasteiger partial charge in [-0.1, -0.05) is 24.3 Å². The molecule has 0 saturated carbocycles. The van der Waals surface area contributed by atoms with Crippen molar-refractivity contribution >= 4 is 11.9 Å². The minimum atomic E-state index is -1.06. The number of hydrogen-bond donors (Lipinski definition) is 2. The molecule has 0 saturated heterocycles. The molecule has 1 aromatic carbocycles. The second kappa shape index (κ2) is 5.84. The van der Waals surface area contributed by atoms with Crippen molar-refractivity contribution in [2.45, 2.75) is 31.8 Å². The smallest absolute Gasteiger partial charge is 0.320 e. The van der Waals surface area contributed by atoms with E-state index in [4.69, 9.17) is 10.8 Å². The Labute approximate surface area is 112 Å². The fourth-order valence-corrected chi connectivity index (χ4v) is 2.27. The monoisotopic (exact) mass is 262 g/mol. The minimum Gasteiger partial charge on any atom is -0.480 e. The van der Waals surface area contributed by atoms with Gasteiger partial charge in [-0.15, -0.1) is 0 Å². The van der Waals surface area contributed by atoms with Crippen molar-refractivity contribution in [1.82, 2.24) is 4.90 Å². The third kappa shape index (κ3) is 3.32. The van der Waals surface area contributed by atoms with E-state index < -0.39 is 12.0 Å². The predicted octanol–water partition coefficient (Wildman–Crippen LogP) is 0.763. The zero-order valence-corrected chi connectivity index (χ0v) is 10.7. The molecule has 3 N–H and O–H groups in total. The van der Waals surface area contributed by atoms with E-state index in [0.29, 0.717) is 13.1 Å². The molecule has 0 aliphatic carbocycles. The van der Waals surface area contributed by atoms with E-state index >= 15 is 0 Å². The maximum absolute atomic E-state index is 12.0. The summed E-state index contributed by atoms with van der Waals surface area (Å²) in [5.74, 6) is -1.08. The summed E-state index contributed by atoms with van der Waals surface area (Å²) in [6, 6.07) is 7.12. The summed E-state index contributed by atoms with van der Waals surface area (Å²) in [6.07, 6.45) is 1.23. The maximum Gasteiger partial charge on any atom is 0.320 e. The molecular weight excluding hydrogens is 244 g/mol. The van der Waals surface area contributed by atoms with Crippen LogP contribution in [0.3, 0.4) is 0 Å². The van der Waals surface area contributed by atoms with Crippen molar-refractivity contribution in [3.05, 3.63) is 35.4 Å². The van der Waals surface area contributed by atoms with Gasteiger partial charge in [0.15, 0.2) is 0 Å². The molecule has 0 spiro atoms. The molecule has 0 unspecified atom stereocenters. The average molecular weight is 262 g/mol. The van der Waals surface area contributed by atoms with Crippen molar-refractivity contribution in [1.29, 1.82) is 0 Å². The van der Waals surface area contributed by atoms with Crippen LogP contribution in [0, 0.1) is 0 Å². The van der Waals surface area contributed by atoms with Gasteiger partial charge in [-0.25, -0.2) is 0 Å². The summed E-state index contributed by atoms with van der Waals surface area (Å²) < 4.78 is 0. The molecule has 102 valence electrons. The van der Waals surface area contributed by atoms with Crippen LogP contribution in [-0.2, 0) is 22.6 Å². The number of carboxylic acid groups (broad SMARTS) is 1. The van der Waals surface area contributed by atoms with Crippen molar-refractivity contribution < 1.29 is 14.7 Å². The Morgan fingerprint density at radius 1 is 1.32 bits per heavy atom. The number of fused-ring (bicyclic) bond motifs is 1. The number of nitrogens with zero attached hydrogens (tertiary/aromatic N) is 1. The number of carboxylic acids is 1. The zero-order chi connectivity index (χ0) is 13.8. The normalized spacial score (nSPS) is 15.7. The Morgan fingerprint density at radius 2 is 2.00 bits per heavy atom. The number of amides is 1. The largest absolute Gasteiger partial charge is 0.480 e. The standard InChI is InChI=1S/C14H18N2O3/c15-12(14(18)19)5-6-13(17)16-8-7-10-3-1-2-4-11(10)9-16/h1-4,12H,5-9,15H2,(H,18,19)/t12-/m0/s1. The van der Waals surface area contributed by atoms with Crippen LogP contribution in [0.5, 0.6) is 0 Å². The quantitative estimate of drug-likeness (QED) is 0.839. The van der Waals surface area contributed by atoms with Gasteiger partial charge in [0.25, 0.3) is 0 Å². The number of hydrogen-bond acceptors (Lipinski definition) is 3. The molecule has 1 atom stereocenters. The van der Waals surface area contributed by atoms with Gasteiger partial charge in [0.2, 0.25) is 5.91 Å². The summed E-state index contributed by atoms with van der Waals surface area (Å²) in [5, 5.41) is 8.69. The van der Waals surface area contributed by atoms with Gasteiger partial charge in [0, 0.05) is 19.5 Å². The average Bonchev–Trinajstić information content (AvgIpc) is 2.43. The summed E-state index contributed by atoms with van der Waals surface area (Å²) in [5.41, 5.74) is 7.86. The molecule has 0 aromatic heterocycles. The summed E-state index contributed by atoms with van der Waals surface area (Å²) in [6.45, 7) is 1.30. The Bertz CT molecular complexity index is 487. The van der Waals surface area contributed by atoms with Crippen molar-refractivity contribution in [2.75, 3.05) is 6.54 Å². The summed E-state index contributed by atoms with van der Waals surface area (Å²) in [7, 11) is 0. The summed E-state index contributed by atoms with van der Waals surface area (Å²) >= 11 is 0. The lowest BCUT2D eigenvalue weighted by Crippen LogP contribution is -2.37. The van der Waals surface area contributed by atoms with E-state index in [0.717, 1.165) is 6.42 Å². The lowest BCUT2D eigenvalue weighted by Gasteiger charge is -2.29. The Hall–Kier alpha value is -1.88. The summed E-state index contributed by atoms with van der Waals surface area (Å²) in [4.78, 5) is 24.4. The van der Waals surface area contributed by atoms with Crippen LogP contribution >= 0.6 is 0 Å². The van der Waals surface area contributed by atoms with Crippen LogP contribution in [-0.4, -0.2) is 34.5 Å². The highest BCUT2D eigenvalue weighted by Crippen LogP contribution is 2.19. The van der Waals surface area contributed by atoms with Crippen molar-refractivity contribution in [3.63, 3.8) is 0 Å². The van der Waals surface area contributed by atoms with E-state index in [2.05, 4.69) is 6.07 Å². The fourth-order valence-electron chi connectivity index (χ4n) is 2.27. The van der Waals surface area contributed by atoms with E-state index in [1.165, 1.54) is 11.1 Å². The lowest BCUT2D eigenvalue weighted by molar-refractivity contribution is -0.139. The van der Waals surface area contributed by atoms with E-state index in [1.807, 2.05) is 18.2 Å². The van der Waals surface area contributed by atoms with Gasteiger partial charge in [-0.3, -0.25) is 9.59 Å². The van der Waals surface area contributed by atoms with Gasteiger partial charge in [-0.05, 0) is 24.0 Å². The van der Waals surface area contributed by atoms with Gasteiger partial charge in [-0.2, -0.15) is 0 Å². The molecule has 1 aliphatic heterocycles. The number of aliphatic carboxylic acids is 1. The third-order valence-corrected chi connectivity index (χ3v) is 3.47. The van der Waals surface area contributed by atoms with Crippen LogP contribution in [0.25, 0.3) is 0 Å². The van der Waals surface area contributed by atoms with Crippen LogP contribution < -0.4 is 5.73 Å². The number of benzene rings is 1. The molecule has 1 amide bonds. The SMILES string of the molecule is N[C@@H](CCC(=O)N1CCc2ccccc2C1)C(=O)O. The first-order valence-electron chi connectivity index (χ1n) is 6.41. The second-order valence-electron chi connectivity index (χ2n) is 4.82. The minimum absolute atomic E-state index is 0.0220. The zero-order valence-electron chi connectivity index (χ0n) is 10.7. The van der Waals surface area contributed by atoms with E-state index in [9.17, 15) is 9.59 Å². The molecule has 0 radical (unpaired) electrons. The Kier molecular flexibility index (Phi) is 4.16. The predicted molar refractivity (Wildman–Crippen MR) is 70.4 cm³/mol. The number of rotatable bonds is 4. The molecule has 1 aliphatic rings. The van der Waals surface area contributed by atoms with Crippen LogP contribution in [0.1, 0.15) is 24.0 Å². The van der Waals surface area contributed by atoms with Crippen LogP contribution in [0.15, 0.2) is 24.3 Å². The highest BCUT2D eigenvalue weighted by molar-refractivity contribution is 5.78. The Balaban J connectivity index is 1.90. The molecule has 1 heterocycles. The first-order chi connectivity index (χ1) is 9.08. The molecule has 0 bridgehead atoms. The molecule has 5 heteroatoms.